The lowest BCUT2D eigenvalue weighted by Gasteiger charge is -2.28. The number of benzene rings is 5. The van der Waals surface area contributed by atoms with Crippen molar-refractivity contribution < 1.29 is 42.9 Å². The van der Waals surface area contributed by atoms with Gasteiger partial charge in [0.1, 0.15) is 34.6 Å². The highest BCUT2D eigenvalue weighted by molar-refractivity contribution is 7.45. The maximum atomic E-state index is 12.8. The van der Waals surface area contributed by atoms with E-state index in [2.05, 4.69) is 139 Å². The number of rotatable bonds is 25. The Balaban J connectivity index is 0.875. The number of hydrogen-bond donors (Lipinski definition) is 2. The summed E-state index contributed by atoms with van der Waals surface area (Å²) in [6.45, 7) is 13.3. The molecule has 0 spiro atoms. The second-order valence-corrected chi connectivity index (χ2v) is 20.4. The van der Waals surface area contributed by atoms with Crippen molar-refractivity contribution in [2.45, 2.75) is 70.8 Å². The number of nitro benzene ring substituents is 1. The number of phosphoric ester groups is 1. The monoisotopic (exact) mass is 1030 g/mol. The first-order valence-electron chi connectivity index (χ1n) is 24.9. The molecule has 0 saturated heterocycles. The van der Waals surface area contributed by atoms with Gasteiger partial charge < -0.3 is 38.3 Å². The predicted octanol–water partition coefficient (Wildman–Crippen LogP) is 11.6. The number of azo groups is 2. The predicted molar refractivity (Wildman–Crippen MR) is 288 cm³/mol. The highest BCUT2D eigenvalue weighted by atomic mass is 31.2. The number of aliphatic hydroxyl groups excluding tert-OH is 1. The molecule has 0 radical (unpaired) electrons. The van der Waals surface area contributed by atoms with Crippen LogP contribution in [-0.2, 0) is 24.4 Å². The molecule has 18 heteroatoms. The van der Waals surface area contributed by atoms with Gasteiger partial charge >= 0.3 is 0 Å². The van der Waals surface area contributed by atoms with Crippen molar-refractivity contribution in [3.05, 3.63) is 167 Å². The van der Waals surface area contributed by atoms with Gasteiger partial charge in [0, 0.05) is 71.9 Å². The topological polar surface area (TPSA) is 201 Å². The lowest BCUT2D eigenvalue weighted by Crippen LogP contribution is -3.10. The fourth-order valence-electron chi connectivity index (χ4n) is 9.76. The number of methoxy groups -OCH3 is 2. The molecule has 0 amide bonds. The van der Waals surface area contributed by atoms with Gasteiger partial charge in [-0.15, -0.1) is 10.2 Å². The standard InChI is InChI=1S/C56H67N8O9P/c1-8-62-49-21-15-13-19-45(49)55(2,3)53(62)23-11-9-12-24-54-56(4,5)46-20-14-16-22-50(46)63(54)33-17-10-18-37-72-74(68,69)73-38-35-61(34-36-65)43-29-25-41(26-30-43)57-59-47-39-52(71-7)48(40-51(47)70-6)60-58-42-27-31-44(32-28-42)64(66)67/h9,11-16,19-32,39-40,53,65H,8,10,17-18,33-38H2,1-7H3,(H,68,69)/b12-9+,23-11+,54-24+,59-57?,60-58?. The van der Waals surface area contributed by atoms with Gasteiger partial charge in [0.15, 0.2) is 0 Å². The van der Waals surface area contributed by atoms with E-state index >= 15 is 0 Å². The van der Waals surface area contributed by atoms with Crippen LogP contribution in [0.25, 0.3) is 0 Å². The Kier molecular flexibility index (Phi) is 18.5. The summed E-state index contributed by atoms with van der Waals surface area (Å²) in [5.74, 6) is 0.690. The highest BCUT2D eigenvalue weighted by Crippen LogP contribution is 2.48. The molecular formula is C56H67N8O9P. The van der Waals surface area contributed by atoms with Crippen LogP contribution in [0.1, 0.15) is 65.0 Å². The zero-order chi connectivity index (χ0) is 52.9. The molecule has 0 saturated carbocycles. The van der Waals surface area contributed by atoms with Gasteiger partial charge in [-0.3, -0.25) is 19.6 Å². The molecule has 2 aliphatic rings. The van der Waals surface area contributed by atoms with E-state index in [0.717, 1.165) is 25.9 Å². The summed E-state index contributed by atoms with van der Waals surface area (Å²) >= 11 is 0. The van der Waals surface area contributed by atoms with Gasteiger partial charge in [-0.1, -0.05) is 68.5 Å². The lowest BCUT2D eigenvalue weighted by molar-refractivity contribution is -0.848. The summed E-state index contributed by atoms with van der Waals surface area (Å²) in [7, 11) is -1.64. The largest absolute Gasteiger partial charge is 0.756 e. The first-order valence-corrected chi connectivity index (χ1v) is 26.4. The van der Waals surface area contributed by atoms with E-state index < -0.39 is 12.7 Å². The molecule has 0 aromatic heterocycles. The summed E-state index contributed by atoms with van der Waals surface area (Å²) in [4.78, 5) is 29.0. The molecule has 5 aromatic rings. The number of nitrogens with one attached hydrogen (secondary N) is 1. The van der Waals surface area contributed by atoms with E-state index in [4.69, 9.17) is 18.5 Å². The number of ether oxygens (including phenoxy) is 2. The van der Waals surface area contributed by atoms with Crippen molar-refractivity contribution in [3.63, 3.8) is 0 Å². The molecule has 3 atom stereocenters. The number of hydrogen-bond acceptors (Lipinski definition) is 15. The normalized spacial score (nSPS) is 18.2. The first kappa shape index (κ1) is 54.9. The number of likely N-dealkylation sites (N-methyl/N-ethyl adjacent to an activating group) is 1. The van der Waals surface area contributed by atoms with Crippen LogP contribution in [0.3, 0.4) is 0 Å². The minimum atomic E-state index is -4.59. The van der Waals surface area contributed by atoms with E-state index in [1.807, 2.05) is 0 Å². The number of nitrogens with zero attached hydrogens (tertiary/aromatic N) is 7. The van der Waals surface area contributed by atoms with Gasteiger partial charge in [0.25, 0.3) is 13.5 Å². The molecule has 2 aliphatic heterocycles. The SMILES string of the molecule is CC[NH+]1c2ccccc2C(C)(C)C1/C=C/C=C/C=C1/N(CCCCCOP(=O)([O-])OCCN(CCO)c2ccc(N=Nc3cc(OC)c(N=Nc4ccc([N+](=O)[O-])cc4)cc3OC)cc2)c2ccccc2C1(C)C. The maximum Gasteiger partial charge on any atom is 0.269 e. The zero-order valence-electron chi connectivity index (χ0n) is 43.2. The number of nitro groups is 1. The Morgan fingerprint density at radius 2 is 1.38 bits per heavy atom. The average molecular weight is 1030 g/mol. The summed E-state index contributed by atoms with van der Waals surface area (Å²) < 4.78 is 34.4. The molecule has 390 valence electrons. The van der Waals surface area contributed by atoms with Crippen LogP contribution in [0, 0.1) is 10.1 Å². The first-order chi connectivity index (χ1) is 35.6. The number of quaternary nitrogens is 1. The van der Waals surface area contributed by atoms with Gasteiger partial charge in [-0.2, -0.15) is 10.2 Å². The second-order valence-electron chi connectivity index (χ2n) is 19.0. The van der Waals surface area contributed by atoms with Crippen LogP contribution in [-0.4, -0.2) is 76.3 Å². The molecule has 17 nitrogen and oxygen atoms in total. The van der Waals surface area contributed by atoms with Crippen molar-refractivity contribution in [2.24, 2.45) is 20.5 Å². The Hall–Kier alpha value is -6.85. The molecule has 0 aliphatic carbocycles. The van der Waals surface area contributed by atoms with E-state index in [9.17, 15) is 24.7 Å². The van der Waals surface area contributed by atoms with Gasteiger partial charge in [0.05, 0.1) is 62.3 Å². The number of non-ortho nitro benzene ring substituents is 1. The minimum Gasteiger partial charge on any atom is -0.756 e. The van der Waals surface area contributed by atoms with Crippen molar-refractivity contribution in [1.82, 2.24) is 0 Å². The van der Waals surface area contributed by atoms with Crippen LogP contribution in [0.5, 0.6) is 11.5 Å². The molecule has 3 unspecified atom stereocenters. The van der Waals surface area contributed by atoms with E-state index in [0.29, 0.717) is 52.4 Å². The smallest absolute Gasteiger partial charge is 0.269 e. The zero-order valence-corrected chi connectivity index (χ0v) is 44.1. The lowest BCUT2D eigenvalue weighted by atomic mass is 9.80. The molecule has 74 heavy (non-hydrogen) atoms. The molecule has 7 rings (SSSR count). The molecule has 2 heterocycles. The van der Waals surface area contributed by atoms with Gasteiger partial charge in [0.2, 0.25) is 0 Å². The highest BCUT2D eigenvalue weighted by Gasteiger charge is 2.47. The van der Waals surface area contributed by atoms with Crippen molar-refractivity contribution in [2.75, 3.05) is 70.0 Å². The van der Waals surface area contributed by atoms with Crippen LogP contribution >= 0.6 is 7.82 Å². The van der Waals surface area contributed by atoms with E-state index in [1.165, 1.54) is 71.6 Å². The number of para-hydroxylation sites is 2. The van der Waals surface area contributed by atoms with Crippen LogP contribution in [0.4, 0.5) is 45.5 Å². The number of fused-ring (bicyclic) bond motifs is 2. The van der Waals surface area contributed by atoms with Crippen LogP contribution in [0.2, 0.25) is 0 Å². The molecule has 0 bridgehead atoms. The molecular weight excluding hydrogens is 960 g/mol. The summed E-state index contributed by atoms with van der Waals surface area (Å²) in [5.41, 5.74) is 8.60. The number of phosphoric acid groups is 1. The molecule has 2 N–H and O–H groups in total. The minimum absolute atomic E-state index is 0.00920. The van der Waals surface area contributed by atoms with Gasteiger partial charge in [-0.25, -0.2) is 0 Å². The van der Waals surface area contributed by atoms with E-state index in [-0.39, 0.29) is 49.4 Å². The van der Waals surface area contributed by atoms with Crippen LogP contribution < -0.4 is 29.1 Å². The van der Waals surface area contributed by atoms with Crippen LogP contribution in [0.15, 0.2) is 166 Å². The fraction of sp³-hybridized carbons (Fsp3) is 0.357. The van der Waals surface area contributed by atoms with Crippen molar-refractivity contribution >= 4 is 53.3 Å². The second kappa shape index (κ2) is 24.9. The Bertz CT molecular complexity index is 2920. The maximum absolute atomic E-state index is 12.8. The third-order valence-corrected chi connectivity index (χ3v) is 14.6. The van der Waals surface area contributed by atoms with Gasteiger partial charge in [-0.05, 0) is 106 Å². The van der Waals surface area contributed by atoms with Crippen molar-refractivity contribution in [3.8, 4) is 11.5 Å². The summed E-state index contributed by atoms with van der Waals surface area (Å²) in [6, 6.07) is 33.5. The number of allylic oxidation sites excluding steroid dienone is 5. The quantitative estimate of drug-likeness (QED) is 0.0141. The Morgan fingerprint density at radius 3 is 2.00 bits per heavy atom. The summed E-state index contributed by atoms with van der Waals surface area (Å²) in [6.07, 6.45) is 13.2. The van der Waals surface area contributed by atoms with Crippen molar-refractivity contribution in [1.29, 1.82) is 0 Å². The number of unbranched alkanes of at least 4 members (excludes halogenated alkanes) is 2. The third kappa shape index (κ3) is 13.1. The fourth-order valence-corrected chi connectivity index (χ4v) is 10.5. The Labute approximate surface area is 433 Å². The van der Waals surface area contributed by atoms with E-state index in [1.54, 1.807) is 41.3 Å². The number of anilines is 2. The Morgan fingerprint density at radius 1 is 0.770 bits per heavy atom. The average Bonchev–Trinajstić information content (AvgIpc) is 3.75. The summed E-state index contributed by atoms with van der Waals surface area (Å²) in [5, 5.41) is 37.9. The molecule has 0 fully saturated rings. The number of aliphatic hydroxyl groups is 1. The molecule has 5 aromatic carbocycles. The third-order valence-electron chi connectivity index (χ3n) is 13.6.